The molecule has 0 aliphatic carbocycles. The Morgan fingerprint density at radius 3 is 1.59 bits per heavy atom. The smallest absolute Gasteiger partial charge is 0.326 e. The quantitative estimate of drug-likeness (QED) is 0.0323. The predicted octanol–water partition coefficient (Wildman–Crippen LogP) is -0.298. The highest BCUT2D eigenvalue weighted by molar-refractivity contribution is 8.00. The molecule has 0 saturated carbocycles. The van der Waals surface area contributed by atoms with Crippen LogP contribution in [0.1, 0.15) is 162 Å². The molecule has 2 aliphatic heterocycles. The maximum absolute atomic E-state index is 15.1. The summed E-state index contributed by atoms with van der Waals surface area (Å²) in [6, 6.07) is 3.65. The van der Waals surface area contributed by atoms with E-state index in [1.165, 1.54) is 21.6 Å². The van der Waals surface area contributed by atoms with Gasteiger partial charge in [0, 0.05) is 55.3 Å². The van der Waals surface area contributed by atoms with E-state index in [2.05, 4.69) is 68.8 Å². The van der Waals surface area contributed by atoms with Crippen molar-refractivity contribution in [1.29, 1.82) is 0 Å². The number of fused-ring (bicyclic) bond motifs is 1. The van der Waals surface area contributed by atoms with Crippen molar-refractivity contribution in [2.24, 2.45) is 40.7 Å². The number of aliphatic carboxylic acids is 1. The number of para-hydroxylation sites is 1. The van der Waals surface area contributed by atoms with Crippen LogP contribution in [0.5, 0.6) is 0 Å². The van der Waals surface area contributed by atoms with Crippen molar-refractivity contribution in [1.82, 2.24) is 78.6 Å². The van der Waals surface area contributed by atoms with E-state index in [0.717, 1.165) is 22.7 Å². The molecule has 35 nitrogen and oxygen atoms in total. The largest absolute Gasteiger partial charge is 0.480 e. The third-order valence-electron chi connectivity index (χ3n) is 21.0. The van der Waals surface area contributed by atoms with Crippen LogP contribution in [0.25, 0.3) is 10.9 Å². The molecule has 2 fully saturated rings. The molecule has 3 aromatic rings. The topological polar surface area (TPSA) is 547 Å². The van der Waals surface area contributed by atoms with Gasteiger partial charge < -0.3 is 107 Å². The van der Waals surface area contributed by atoms with Gasteiger partial charge in [0.1, 0.15) is 60.4 Å². The van der Waals surface area contributed by atoms with Gasteiger partial charge in [0.15, 0.2) is 0 Å². The summed E-state index contributed by atoms with van der Waals surface area (Å²) in [4.78, 5) is 213. The van der Waals surface area contributed by atoms with Crippen molar-refractivity contribution in [3.05, 3.63) is 71.9 Å². The van der Waals surface area contributed by atoms with Gasteiger partial charge in [-0.15, -0.1) is 0 Å². The molecule has 5 rings (SSSR count). The molecule has 0 unspecified atom stereocenters. The fourth-order valence-corrected chi connectivity index (χ4v) is 15.1. The number of amides is 14. The number of hydrogen-bond acceptors (Lipinski definition) is 21. The van der Waals surface area contributed by atoms with E-state index < -0.39 is 175 Å². The normalized spacial score (nSPS) is 16.7. The van der Waals surface area contributed by atoms with E-state index in [-0.39, 0.29) is 107 Å². The average Bonchev–Trinajstić information content (AvgIpc) is 1.65. The number of nitrogens with one attached hydrogen (secondary N) is 13. The minimum Gasteiger partial charge on any atom is -0.480 e. The number of thioether (sulfide) groups is 2. The molecule has 2 aromatic carbocycles. The van der Waals surface area contributed by atoms with Crippen molar-refractivity contribution in [2.45, 2.75) is 230 Å². The van der Waals surface area contributed by atoms with Crippen LogP contribution in [0.4, 0.5) is 0 Å². The van der Waals surface area contributed by atoms with E-state index in [4.69, 9.17) is 22.9 Å². The van der Waals surface area contributed by atoms with Crippen molar-refractivity contribution >= 4 is 123 Å². The molecule has 0 spiro atoms. The Morgan fingerprint density at radius 2 is 1.00 bits per heavy atom. The molecule has 0 radical (unpaired) electrons. The number of aromatic amines is 1. The molecule has 14 amide bonds. The number of rotatable bonds is 55. The van der Waals surface area contributed by atoms with Gasteiger partial charge >= 0.3 is 5.97 Å². The van der Waals surface area contributed by atoms with Gasteiger partial charge in [-0.05, 0) is 163 Å². The summed E-state index contributed by atoms with van der Waals surface area (Å²) in [5.41, 5.74) is 26.0. The number of nitrogens with two attached hydrogens (primary N) is 4. The van der Waals surface area contributed by atoms with Crippen LogP contribution in [0.2, 0.25) is 0 Å². The molecule has 0 bridgehead atoms. The van der Waals surface area contributed by atoms with Crippen molar-refractivity contribution < 1.29 is 77.0 Å². The Morgan fingerprint density at radius 1 is 0.500 bits per heavy atom. The van der Waals surface area contributed by atoms with E-state index in [0.29, 0.717) is 100 Å². The first-order chi connectivity index (χ1) is 56.5. The standard InChI is InChI=1S/C81H129N19O16S2/c1-8-50(5)69(78(112)90-45-65(101)88-46-66(102)92-62(81(115)116)42-52-23-11-10-12-24-52)97-68(104)48-118-40-36-86-77(111)70(51(6)9-2)98-73(107)59(32-39-117-7)93-72(106)58(28-16-19-34-83)94-76(110)64-31-22-38-100(64)80(114)60(29-17-20-35-84)95-74(108)61(43-53-44-87-56-26-14-13-25-54(53)56)96-71(105)57(27-15-18-33-82)91-67(103)47-89-75(109)63-30-21-37-99(63)79(113)55(85)41-49(3)4/h10-14,23-26,44,49-51,55,57-64,69-70,87H,8-9,15-22,27-43,45-48,82-85H2,1-7H3,(H,86,111)(H,88,101)(H,89,109)(H,90,112)(H,91,103)(H,92,102)(H,93,106)(H,94,110)(H,95,108)(H,96,105)(H,97,104)(H,98,107)(H,115,116)/t50-,51-,55-,57-,58-,59-,60-,61-,62-,63-,64-,69-,70-/m0/s1. The fraction of sp³-hybridized carbons (Fsp3) is 0.642. The monoisotopic (exact) mass is 1690 g/mol. The summed E-state index contributed by atoms with van der Waals surface area (Å²) >= 11 is 2.58. The lowest BCUT2D eigenvalue weighted by Crippen LogP contribution is -2.60. The van der Waals surface area contributed by atoms with E-state index in [9.17, 15) is 67.4 Å². The molecule has 2 saturated heterocycles. The van der Waals surface area contributed by atoms with Gasteiger partial charge in [-0.3, -0.25) is 67.1 Å². The van der Waals surface area contributed by atoms with Gasteiger partial charge in [-0.2, -0.15) is 23.5 Å². The van der Waals surface area contributed by atoms with Gasteiger partial charge in [0.25, 0.3) is 0 Å². The minimum absolute atomic E-state index is 0.0182. The van der Waals surface area contributed by atoms with Crippen LogP contribution in [0, 0.1) is 17.8 Å². The summed E-state index contributed by atoms with van der Waals surface area (Å²) < 4.78 is 0. The maximum Gasteiger partial charge on any atom is 0.326 e. The van der Waals surface area contributed by atoms with Crippen molar-refractivity contribution in [3.8, 4) is 0 Å². The van der Waals surface area contributed by atoms with Crippen molar-refractivity contribution in [3.63, 3.8) is 0 Å². The molecule has 656 valence electrons. The van der Waals surface area contributed by atoms with Gasteiger partial charge in [-0.1, -0.05) is 103 Å². The number of aromatic nitrogens is 1. The lowest BCUT2D eigenvalue weighted by atomic mass is 9.97. The number of carbonyl (C=O) groups excluding carboxylic acids is 14. The first-order valence-corrected chi connectivity index (χ1v) is 43.9. The van der Waals surface area contributed by atoms with E-state index in [1.54, 1.807) is 50.4 Å². The maximum atomic E-state index is 15.1. The SMILES string of the molecule is CC[C@H](C)[C@H](NC(=O)CSCCNC(=O)[C@@H](NC(=O)[C@H](CCSC)NC(=O)[C@H](CCCCN)NC(=O)[C@@H]1CCCN1C(=O)[C@H](CCCCN)NC(=O)[C@H](Cc1c[nH]c2ccccc12)NC(=O)[C@H](CCCCN)NC(=O)CNC(=O)[C@@H]1CCCN1C(=O)[C@@H](N)CC(C)C)[C@@H](C)CC)C(=O)NCC(=O)NCC(=O)N[C@@H](Cc1ccccc1)C(=O)O. The second-order valence-corrected chi connectivity index (χ2v) is 32.8. The van der Waals surface area contributed by atoms with Gasteiger partial charge in [0.05, 0.1) is 31.4 Å². The minimum atomic E-state index is -1.36. The Bertz CT molecular complexity index is 3780. The first-order valence-electron chi connectivity index (χ1n) is 41.3. The van der Waals surface area contributed by atoms with Crippen molar-refractivity contribution in [2.75, 3.05) is 82.4 Å². The lowest BCUT2D eigenvalue weighted by molar-refractivity contribution is -0.143. The Hall–Kier alpha value is -9.43. The van der Waals surface area contributed by atoms with Gasteiger partial charge in [0.2, 0.25) is 82.7 Å². The summed E-state index contributed by atoms with van der Waals surface area (Å²) in [6.45, 7) is 10.8. The molecule has 118 heavy (non-hydrogen) atoms. The highest BCUT2D eigenvalue weighted by Gasteiger charge is 2.42. The molecule has 22 N–H and O–H groups in total. The molecule has 3 heterocycles. The Labute approximate surface area is 700 Å². The number of carboxylic acids is 1. The van der Waals surface area contributed by atoms with E-state index >= 15 is 9.59 Å². The number of H-pyrrole nitrogens is 1. The summed E-state index contributed by atoms with van der Waals surface area (Å²) in [7, 11) is 0. The zero-order valence-corrected chi connectivity index (χ0v) is 71.0. The summed E-state index contributed by atoms with van der Waals surface area (Å²) in [6.07, 6.45) is 9.28. The molecular formula is C81H129N19O16S2. The molecule has 2 aliphatic rings. The highest BCUT2D eigenvalue weighted by Crippen LogP contribution is 2.25. The average molecular weight is 1690 g/mol. The number of hydrogen-bond donors (Lipinski definition) is 18. The fourth-order valence-electron chi connectivity index (χ4n) is 14.0. The number of carboxylic acid groups (broad SMARTS) is 1. The Balaban J connectivity index is 1.22. The predicted molar refractivity (Wildman–Crippen MR) is 452 cm³/mol. The second-order valence-electron chi connectivity index (χ2n) is 30.7. The number of benzene rings is 2. The second kappa shape index (κ2) is 53.2. The molecular weight excluding hydrogens is 1560 g/mol. The molecule has 37 heteroatoms. The number of nitrogens with zero attached hydrogens (tertiary/aromatic N) is 2. The van der Waals surface area contributed by atoms with Crippen LogP contribution >= 0.6 is 23.5 Å². The van der Waals surface area contributed by atoms with Crippen LogP contribution in [0.3, 0.4) is 0 Å². The van der Waals surface area contributed by atoms with Crippen LogP contribution in [0.15, 0.2) is 60.8 Å². The lowest BCUT2D eigenvalue weighted by Gasteiger charge is -2.31. The third-order valence-corrected chi connectivity index (χ3v) is 22.6. The Kier molecular flexibility index (Phi) is 44.7. The van der Waals surface area contributed by atoms with Crippen LogP contribution in [-0.2, 0) is 84.8 Å². The third kappa shape index (κ3) is 33.4. The zero-order chi connectivity index (χ0) is 86.8. The molecule has 13 atom stereocenters. The number of carbonyl (C=O) groups is 15. The van der Waals surface area contributed by atoms with Gasteiger partial charge in [-0.25, -0.2) is 4.79 Å². The summed E-state index contributed by atoms with van der Waals surface area (Å²) in [5.74, 6) is -10.2. The van der Waals surface area contributed by atoms with E-state index in [1.807, 2.05) is 58.2 Å². The summed E-state index contributed by atoms with van der Waals surface area (Å²) in [5, 5.41) is 42.9. The zero-order valence-electron chi connectivity index (χ0n) is 69.4. The highest BCUT2D eigenvalue weighted by atomic mass is 32.2. The molecule has 1 aromatic heterocycles. The van der Waals surface area contributed by atoms with Crippen LogP contribution in [-0.4, -0.2) is 257 Å². The number of unbranched alkanes of at least 4 members (excludes halogenated alkanes) is 3. The number of likely N-dealkylation sites (tertiary alicyclic amines) is 2. The van der Waals surface area contributed by atoms with Crippen LogP contribution < -0.4 is 86.7 Å². The first kappa shape index (κ1) is 99.1.